The third kappa shape index (κ3) is 4.17. The summed E-state index contributed by atoms with van der Waals surface area (Å²) in [5.74, 6) is -0.0855. The average Bonchev–Trinajstić information content (AvgIpc) is 2.30. The Morgan fingerprint density at radius 2 is 2.05 bits per heavy atom. The van der Waals surface area contributed by atoms with Gasteiger partial charge in [-0.1, -0.05) is 0 Å². The summed E-state index contributed by atoms with van der Waals surface area (Å²) in [6, 6.07) is 4.12. The first-order valence-corrected chi connectivity index (χ1v) is 8.15. The number of halogens is 2. The molecule has 19 heavy (non-hydrogen) atoms. The van der Waals surface area contributed by atoms with Crippen LogP contribution in [0.3, 0.4) is 0 Å². The molecule has 0 heterocycles. The smallest absolute Gasteiger partial charge is 0.238 e. The van der Waals surface area contributed by atoms with E-state index in [2.05, 4.69) is 21.2 Å². The van der Waals surface area contributed by atoms with E-state index >= 15 is 0 Å². The Labute approximate surface area is 125 Å². The molecule has 0 aliphatic rings. The average molecular weight is 370 g/mol. The minimum atomic E-state index is -3.77. The van der Waals surface area contributed by atoms with E-state index in [9.17, 15) is 13.2 Å². The van der Waals surface area contributed by atoms with Crippen molar-refractivity contribution in [3.8, 4) is 0 Å². The van der Waals surface area contributed by atoms with Gasteiger partial charge in [-0.3, -0.25) is 4.79 Å². The molecule has 3 N–H and O–H groups in total. The third-order valence-electron chi connectivity index (χ3n) is 2.47. The summed E-state index contributed by atoms with van der Waals surface area (Å²) in [5, 5.41) is 7.69. The number of amides is 1. The Kier molecular flexibility index (Phi) is 5.00. The number of hydrogen-bond donors (Lipinski definition) is 2. The van der Waals surface area contributed by atoms with Crippen molar-refractivity contribution in [2.75, 3.05) is 11.2 Å². The molecule has 0 aliphatic heterocycles. The fraction of sp³-hybridized carbons (Fsp3) is 0.364. The summed E-state index contributed by atoms with van der Waals surface area (Å²) in [6.45, 7) is 3.42. The van der Waals surface area contributed by atoms with E-state index in [0.29, 0.717) is 10.2 Å². The molecule has 0 aliphatic carbocycles. The van der Waals surface area contributed by atoms with E-state index in [1.54, 1.807) is 13.8 Å². The number of hydrogen-bond acceptors (Lipinski definition) is 3. The largest absolute Gasteiger partial charge is 0.325 e. The molecule has 0 atom stereocenters. The summed E-state index contributed by atoms with van der Waals surface area (Å²) < 4.78 is 22.8. The molecule has 1 aromatic rings. The normalized spacial score (nSPS) is 12.3. The van der Waals surface area contributed by atoms with Crippen LogP contribution in [0.5, 0.6) is 0 Å². The molecule has 8 heteroatoms. The van der Waals surface area contributed by atoms with Crippen LogP contribution in [0.4, 0.5) is 5.69 Å². The number of carbonyl (C=O) groups excluding carboxylic acids is 1. The van der Waals surface area contributed by atoms with Gasteiger partial charge in [0.2, 0.25) is 15.9 Å². The van der Waals surface area contributed by atoms with Gasteiger partial charge in [0.1, 0.15) is 0 Å². The van der Waals surface area contributed by atoms with Crippen molar-refractivity contribution in [1.29, 1.82) is 0 Å². The van der Waals surface area contributed by atoms with Gasteiger partial charge in [-0.2, -0.15) is 0 Å². The number of alkyl halides is 1. The van der Waals surface area contributed by atoms with Gasteiger partial charge in [-0.25, -0.2) is 13.6 Å². The zero-order valence-electron chi connectivity index (χ0n) is 10.4. The van der Waals surface area contributed by atoms with E-state index < -0.39 is 15.4 Å². The first-order chi connectivity index (χ1) is 8.58. The number of nitrogens with one attached hydrogen (secondary N) is 1. The summed E-state index contributed by atoms with van der Waals surface area (Å²) in [4.78, 5) is 11.9. The highest BCUT2D eigenvalue weighted by atomic mass is 79.9. The van der Waals surface area contributed by atoms with Crippen LogP contribution in [0.1, 0.15) is 13.8 Å². The number of nitrogens with two attached hydrogens (primary N) is 1. The van der Waals surface area contributed by atoms with Gasteiger partial charge in [0.25, 0.3) is 0 Å². The van der Waals surface area contributed by atoms with Crippen molar-refractivity contribution in [2.24, 2.45) is 10.6 Å². The monoisotopic (exact) mass is 368 g/mol. The van der Waals surface area contributed by atoms with Crippen molar-refractivity contribution < 1.29 is 13.2 Å². The van der Waals surface area contributed by atoms with Crippen LogP contribution >= 0.6 is 27.5 Å². The van der Waals surface area contributed by atoms with Gasteiger partial charge in [-0.05, 0) is 48.0 Å². The van der Waals surface area contributed by atoms with Gasteiger partial charge in [-0.15, -0.1) is 11.6 Å². The van der Waals surface area contributed by atoms with Crippen molar-refractivity contribution in [3.63, 3.8) is 0 Å². The maximum absolute atomic E-state index is 11.9. The zero-order chi connectivity index (χ0) is 14.8. The highest BCUT2D eigenvalue weighted by molar-refractivity contribution is 9.10. The first-order valence-electron chi connectivity index (χ1n) is 5.28. The Bertz CT molecular complexity index is 602. The van der Waals surface area contributed by atoms with Crippen LogP contribution in [-0.4, -0.2) is 20.2 Å². The predicted octanol–water partition coefficient (Wildman–Crippen LogP) is 2.30. The second-order valence-corrected chi connectivity index (χ2v) is 7.34. The van der Waals surface area contributed by atoms with Crippen molar-refractivity contribution in [2.45, 2.75) is 18.7 Å². The Balaban J connectivity index is 3.03. The maximum Gasteiger partial charge on any atom is 0.238 e. The molecule has 1 rings (SSSR count). The van der Waals surface area contributed by atoms with Gasteiger partial charge in [0.15, 0.2) is 0 Å². The molecule has 0 fully saturated rings. The Hall–Kier alpha value is -0.630. The molecular formula is C11H14BrClN2O3S. The van der Waals surface area contributed by atoms with Crippen LogP contribution in [0, 0.1) is 5.41 Å². The number of rotatable bonds is 4. The molecule has 0 spiro atoms. The van der Waals surface area contributed by atoms with Crippen molar-refractivity contribution in [3.05, 3.63) is 22.7 Å². The SMILES string of the molecule is CC(C)(CCl)C(=O)Nc1ccc(S(N)(=O)=O)cc1Br. The van der Waals surface area contributed by atoms with Crippen LogP contribution < -0.4 is 10.5 Å². The van der Waals surface area contributed by atoms with Gasteiger partial charge in [0, 0.05) is 10.4 Å². The lowest BCUT2D eigenvalue weighted by Gasteiger charge is -2.21. The highest BCUT2D eigenvalue weighted by Crippen LogP contribution is 2.27. The molecule has 106 valence electrons. The second-order valence-electron chi connectivity index (χ2n) is 4.66. The highest BCUT2D eigenvalue weighted by Gasteiger charge is 2.27. The van der Waals surface area contributed by atoms with E-state index in [0.717, 1.165) is 0 Å². The van der Waals surface area contributed by atoms with Gasteiger partial charge in [0.05, 0.1) is 16.0 Å². The topological polar surface area (TPSA) is 89.3 Å². The van der Waals surface area contributed by atoms with Crippen LogP contribution in [-0.2, 0) is 14.8 Å². The number of sulfonamides is 1. The quantitative estimate of drug-likeness (QED) is 0.798. The molecule has 0 unspecified atom stereocenters. The van der Waals surface area contributed by atoms with E-state index in [1.165, 1.54) is 18.2 Å². The summed E-state index contributed by atoms with van der Waals surface area (Å²) in [7, 11) is -3.77. The summed E-state index contributed by atoms with van der Waals surface area (Å²) in [5.41, 5.74) is -0.268. The Morgan fingerprint density at radius 3 is 2.47 bits per heavy atom. The molecule has 1 amide bonds. The molecular weight excluding hydrogens is 356 g/mol. The number of anilines is 1. The fourth-order valence-electron chi connectivity index (χ4n) is 1.13. The maximum atomic E-state index is 11.9. The van der Waals surface area contributed by atoms with Crippen LogP contribution in [0.2, 0.25) is 0 Å². The second kappa shape index (κ2) is 5.78. The lowest BCUT2D eigenvalue weighted by molar-refractivity contribution is -0.122. The lowest BCUT2D eigenvalue weighted by atomic mass is 9.95. The molecule has 0 aromatic heterocycles. The number of carbonyl (C=O) groups is 1. The summed E-state index contributed by atoms with van der Waals surface area (Å²) in [6.07, 6.45) is 0. The van der Waals surface area contributed by atoms with Crippen LogP contribution in [0.15, 0.2) is 27.6 Å². The molecule has 1 aromatic carbocycles. The van der Waals surface area contributed by atoms with Gasteiger partial charge >= 0.3 is 0 Å². The summed E-state index contributed by atoms with van der Waals surface area (Å²) >= 11 is 8.90. The fourth-order valence-corrected chi connectivity index (χ4v) is 2.42. The zero-order valence-corrected chi connectivity index (χ0v) is 13.6. The predicted molar refractivity (Wildman–Crippen MR) is 78.6 cm³/mol. The van der Waals surface area contributed by atoms with Crippen molar-refractivity contribution >= 4 is 49.1 Å². The molecule has 0 bridgehead atoms. The lowest BCUT2D eigenvalue weighted by Crippen LogP contribution is -2.32. The van der Waals surface area contributed by atoms with E-state index in [4.69, 9.17) is 16.7 Å². The number of primary sulfonamides is 1. The molecule has 0 radical (unpaired) electrons. The molecule has 0 saturated heterocycles. The molecule has 0 saturated carbocycles. The van der Waals surface area contributed by atoms with Gasteiger partial charge < -0.3 is 5.32 Å². The third-order valence-corrected chi connectivity index (χ3v) is 4.70. The standard InChI is InChI=1S/C11H14BrClN2O3S/c1-11(2,6-13)10(16)15-9-4-3-7(5-8(9)12)19(14,17)18/h3-5H,6H2,1-2H3,(H,15,16)(H2,14,17,18). The Morgan fingerprint density at radius 1 is 1.47 bits per heavy atom. The first kappa shape index (κ1) is 16.4. The molecule has 5 nitrogen and oxygen atoms in total. The van der Waals surface area contributed by atoms with E-state index in [-0.39, 0.29) is 16.7 Å². The minimum absolute atomic E-state index is 0.0334. The van der Waals surface area contributed by atoms with Crippen molar-refractivity contribution in [1.82, 2.24) is 0 Å². The number of benzene rings is 1. The minimum Gasteiger partial charge on any atom is -0.325 e. The van der Waals surface area contributed by atoms with Crippen LogP contribution in [0.25, 0.3) is 0 Å². The van der Waals surface area contributed by atoms with E-state index in [1.807, 2.05) is 0 Å².